The highest BCUT2D eigenvalue weighted by atomic mass is 16.3. The summed E-state index contributed by atoms with van der Waals surface area (Å²) in [5, 5.41) is 2.39. The zero-order valence-corrected chi connectivity index (χ0v) is 39.9. The van der Waals surface area contributed by atoms with Crippen molar-refractivity contribution in [3.63, 3.8) is 0 Å². The van der Waals surface area contributed by atoms with Gasteiger partial charge < -0.3 is 9.32 Å². The second-order valence-electron chi connectivity index (χ2n) is 20.7. The number of fused-ring (bicyclic) bond motifs is 6. The van der Waals surface area contributed by atoms with E-state index in [1.165, 1.54) is 126 Å². The molecule has 2 heteroatoms. The Morgan fingerprint density at radius 1 is 0.594 bits per heavy atom. The normalized spacial score (nSPS) is 14.9. The Morgan fingerprint density at radius 3 is 1.98 bits per heavy atom. The van der Waals surface area contributed by atoms with Crippen molar-refractivity contribution in [2.24, 2.45) is 0 Å². The van der Waals surface area contributed by atoms with Gasteiger partial charge in [-0.1, -0.05) is 152 Å². The van der Waals surface area contributed by atoms with E-state index in [1.807, 2.05) is 0 Å². The van der Waals surface area contributed by atoms with Crippen LogP contribution in [-0.4, -0.2) is 0 Å². The van der Waals surface area contributed by atoms with Gasteiger partial charge in [0.2, 0.25) is 0 Å². The summed E-state index contributed by atoms with van der Waals surface area (Å²) < 4.78 is 7.44. The molecule has 0 radical (unpaired) electrons. The Labute approximate surface area is 382 Å². The second kappa shape index (κ2) is 16.0. The lowest BCUT2D eigenvalue weighted by Gasteiger charge is -2.29. The molecule has 0 bridgehead atoms. The zero-order chi connectivity index (χ0) is 44.7. The molecule has 1 aromatic heterocycles. The molecule has 64 heavy (non-hydrogen) atoms. The van der Waals surface area contributed by atoms with Crippen LogP contribution < -0.4 is 4.90 Å². The van der Waals surface area contributed by atoms with Crippen molar-refractivity contribution < 1.29 is 4.42 Å². The molecule has 0 amide bonds. The maximum atomic E-state index is 7.44. The molecule has 2 aliphatic rings. The zero-order valence-electron chi connectivity index (χ0n) is 39.9. The summed E-state index contributed by atoms with van der Waals surface area (Å²) in [7, 11) is 0. The highest BCUT2D eigenvalue weighted by molar-refractivity contribution is 6.12. The summed E-state index contributed by atoms with van der Waals surface area (Å²) in [5.41, 5.74) is 25.5. The minimum atomic E-state index is -0.168. The third-order valence-electron chi connectivity index (χ3n) is 15.0. The molecular formula is C62H65NO. The fraction of sp³-hybridized carbons (Fsp3) is 0.323. The fourth-order valence-corrected chi connectivity index (χ4v) is 11.9. The van der Waals surface area contributed by atoms with E-state index in [0.29, 0.717) is 5.92 Å². The lowest BCUT2D eigenvalue weighted by atomic mass is 9.79. The van der Waals surface area contributed by atoms with Crippen LogP contribution in [0.15, 0.2) is 126 Å². The predicted octanol–water partition coefficient (Wildman–Crippen LogP) is 18.1. The van der Waals surface area contributed by atoms with Crippen LogP contribution in [0.25, 0.3) is 55.3 Å². The Morgan fingerprint density at radius 2 is 1.27 bits per heavy atom. The molecule has 8 aromatic rings. The second-order valence-corrected chi connectivity index (χ2v) is 20.7. The van der Waals surface area contributed by atoms with Crippen LogP contribution in [0.2, 0.25) is 0 Å². The summed E-state index contributed by atoms with van der Waals surface area (Å²) in [4.78, 5) is 2.50. The third kappa shape index (κ3) is 6.91. The summed E-state index contributed by atoms with van der Waals surface area (Å²) in [6.45, 7) is 23.2. The molecule has 1 heterocycles. The molecule has 0 spiro atoms. The first-order chi connectivity index (χ1) is 30.8. The molecule has 2 nitrogen and oxygen atoms in total. The van der Waals surface area contributed by atoms with Gasteiger partial charge in [-0.2, -0.15) is 0 Å². The lowest BCUT2D eigenvalue weighted by molar-refractivity contribution is 0.442. The molecule has 0 aliphatic heterocycles. The molecule has 324 valence electrons. The standard InChI is InChI=1S/C62H65NO/c1-11-41-20-16-17-23-47(41)48-30-28-45(34-42(48)12-2)63(46-29-31-50-55(37-46)62(9,10)54-26-19-25-53(58(50)54)61(6,7)8)56-27-18-24-49-52-36-44(57-39(4)32-38(3)33-40(57)5)35-51(59(52)64-60(49)56)43-21-14-13-15-22-43/h16-20,23-37,43H,11-15,21-22H2,1-10H3. The number of hydrogen-bond donors (Lipinski definition) is 0. The lowest BCUT2D eigenvalue weighted by Crippen LogP contribution is -2.17. The number of rotatable bonds is 8. The van der Waals surface area contributed by atoms with Gasteiger partial charge in [-0.3, -0.25) is 0 Å². The number of furan rings is 1. The number of para-hydroxylation sites is 1. The van der Waals surface area contributed by atoms with E-state index < -0.39 is 0 Å². The molecule has 2 aliphatic carbocycles. The molecule has 10 rings (SSSR count). The van der Waals surface area contributed by atoms with Gasteiger partial charge in [0.1, 0.15) is 5.58 Å². The Balaban J connectivity index is 1.23. The van der Waals surface area contributed by atoms with Crippen molar-refractivity contribution in [1.82, 2.24) is 0 Å². The molecular weight excluding hydrogens is 775 g/mol. The number of anilines is 3. The quantitative estimate of drug-likeness (QED) is 0.152. The summed E-state index contributed by atoms with van der Waals surface area (Å²) in [6, 6.07) is 46.8. The van der Waals surface area contributed by atoms with Gasteiger partial charge in [-0.25, -0.2) is 0 Å². The van der Waals surface area contributed by atoms with Gasteiger partial charge in [-0.15, -0.1) is 0 Å². The Hall–Kier alpha value is -5.86. The van der Waals surface area contributed by atoms with Crippen LogP contribution >= 0.6 is 0 Å². The van der Waals surface area contributed by atoms with Crippen molar-refractivity contribution in [2.75, 3.05) is 4.90 Å². The monoisotopic (exact) mass is 840 g/mol. The van der Waals surface area contributed by atoms with Crippen molar-refractivity contribution in [2.45, 2.75) is 131 Å². The highest BCUT2D eigenvalue weighted by Gasteiger charge is 2.39. The van der Waals surface area contributed by atoms with Gasteiger partial charge in [0.15, 0.2) is 5.58 Å². The van der Waals surface area contributed by atoms with Gasteiger partial charge >= 0.3 is 0 Å². The van der Waals surface area contributed by atoms with E-state index in [9.17, 15) is 0 Å². The van der Waals surface area contributed by atoms with Crippen LogP contribution in [0.1, 0.15) is 137 Å². The molecule has 0 saturated heterocycles. The van der Waals surface area contributed by atoms with Crippen molar-refractivity contribution in [3.8, 4) is 33.4 Å². The molecule has 1 saturated carbocycles. The van der Waals surface area contributed by atoms with Gasteiger partial charge in [-0.05, 0) is 178 Å². The molecule has 1 fully saturated rings. The van der Waals surface area contributed by atoms with Crippen LogP contribution in [0, 0.1) is 20.8 Å². The van der Waals surface area contributed by atoms with Crippen molar-refractivity contribution in [1.29, 1.82) is 0 Å². The Kier molecular flexibility index (Phi) is 10.5. The fourth-order valence-electron chi connectivity index (χ4n) is 11.9. The first-order valence-electron chi connectivity index (χ1n) is 24.2. The molecule has 0 N–H and O–H groups in total. The first kappa shape index (κ1) is 42.1. The van der Waals surface area contributed by atoms with E-state index in [1.54, 1.807) is 0 Å². The average molecular weight is 840 g/mol. The average Bonchev–Trinajstić information content (AvgIpc) is 3.78. The number of benzene rings is 7. The van der Waals surface area contributed by atoms with Crippen molar-refractivity contribution in [3.05, 3.63) is 171 Å². The summed E-state index contributed by atoms with van der Waals surface area (Å²) in [6.07, 6.45) is 8.20. The van der Waals surface area contributed by atoms with E-state index in [4.69, 9.17) is 4.42 Å². The molecule has 0 atom stereocenters. The van der Waals surface area contributed by atoms with Gasteiger partial charge in [0.25, 0.3) is 0 Å². The van der Waals surface area contributed by atoms with Gasteiger partial charge in [0, 0.05) is 27.6 Å². The number of aryl methyl sites for hydroxylation is 5. The van der Waals surface area contributed by atoms with Gasteiger partial charge in [0.05, 0.1) is 5.69 Å². The first-order valence-corrected chi connectivity index (χ1v) is 24.2. The van der Waals surface area contributed by atoms with E-state index >= 15 is 0 Å². The van der Waals surface area contributed by atoms with Crippen LogP contribution in [0.4, 0.5) is 17.1 Å². The van der Waals surface area contributed by atoms with E-state index in [2.05, 4.69) is 195 Å². The SMILES string of the molecule is CCc1ccccc1-c1ccc(N(c2ccc3c(c2)C(C)(C)c2cccc(C(C)(C)C)c2-3)c2cccc3c2oc2c(C4CCCCC4)cc(-c4c(C)cc(C)cc4C)cc23)cc1CC. The largest absolute Gasteiger partial charge is 0.454 e. The summed E-state index contributed by atoms with van der Waals surface area (Å²) in [5.74, 6) is 0.478. The highest BCUT2D eigenvalue weighted by Crippen LogP contribution is 2.54. The maximum Gasteiger partial charge on any atom is 0.159 e. The number of hydrogen-bond acceptors (Lipinski definition) is 2. The van der Waals surface area contributed by atoms with Crippen LogP contribution in [0.3, 0.4) is 0 Å². The molecule has 7 aromatic carbocycles. The van der Waals surface area contributed by atoms with Crippen molar-refractivity contribution >= 4 is 39.0 Å². The smallest absolute Gasteiger partial charge is 0.159 e. The maximum absolute atomic E-state index is 7.44. The van der Waals surface area contributed by atoms with Crippen LogP contribution in [-0.2, 0) is 23.7 Å². The van der Waals surface area contributed by atoms with Crippen LogP contribution in [0.5, 0.6) is 0 Å². The third-order valence-corrected chi connectivity index (χ3v) is 15.0. The minimum Gasteiger partial charge on any atom is -0.454 e. The minimum absolute atomic E-state index is 0.0204. The van der Waals surface area contributed by atoms with E-state index in [-0.39, 0.29) is 10.8 Å². The number of nitrogens with zero attached hydrogens (tertiary/aromatic N) is 1. The molecule has 0 unspecified atom stereocenters. The summed E-state index contributed by atoms with van der Waals surface area (Å²) >= 11 is 0. The Bertz CT molecular complexity index is 3080. The topological polar surface area (TPSA) is 16.4 Å². The van der Waals surface area contributed by atoms with E-state index in [0.717, 1.165) is 41.1 Å². The predicted molar refractivity (Wildman–Crippen MR) is 274 cm³/mol.